The maximum absolute atomic E-state index is 12.4. The van der Waals surface area contributed by atoms with Crippen molar-refractivity contribution in [1.82, 2.24) is 9.29 Å². The summed E-state index contributed by atoms with van der Waals surface area (Å²) < 4.78 is 38.7. The first kappa shape index (κ1) is 17.7. The van der Waals surface area contributed by atoms with Gasteiger partial charge in [0, 0.05) is 32.1 Å². The topological polar surface area (TPSA) is 86.6 Å². The van der Waals surface area contributed by atoms with E-state index in [1.165, 1.54) is 7.11 Å². The lowest BCUT2D eigenvalue weighted by molar-refractivity contribution is 0.0521. The van der Waals surface area contributed by atoms with Gasteiger partial charge < -0.3 is 14.0 Å². The lowest BCUT2D eigenvalue weighted by Gasteiger charge is -2.09. The molecule has 1 N–H and O–H groups in total. The van der Waals surface area contributed by atoms with Crippen molar-refractivity contribution in [1.29, 1.82) is 0 Å². The molecule has 0 amide bonds. The van der Waals surface area contributed by atoms with Crippen LogP contribution < -0.4 is 4.72 Å². The number of sulfonamides is 1. The number of esters is 1. The van der Waals surface area contributed by atoms with Crippen molar-refractivity contribution in [2.75, 3.05) is 26.9 Å². The predicted octanol–water partition coefficient (Wildman–Crippen LogP) is 0.743. The molecule has 0 aliphatic carbocycles. The van der Waals surface area contributed by atoms with E-state index in [4.69, 9.17) is 9.47 Å². The second-order valence-corrected chi connectivity index (χ2v) is 6.25. The summed E-state index contributed by atoms with van der Waals surface area (Å²) in [5, 5.41) is 0. The molecule has 0 radical (unpaired) electrons. The second kappa shape index (κ2) is 7.06. The Labute approximate surface area is 125 Å². The molecule has 0 aliphatic heterocycles. The van der Waals surface area contributed by atoms with E-state index in [1.807, 2.05) is 0 Å². The Kier molecular flexibility index (Phi) is 5.94. The van der Waals surface area contributed by atoms with Gasteiger partial charge in [0.25, 0.3) is 0 Å². The first-order chi connectivity index (χ1) is 9.77. The summed E-state index contributed by atoms with van der Waals surface area (Å²) in [5.74, 6) is -0.634. The minimum absolute atomic E-state index is 0.0305. The van der Waals surface area contributed by atoms with Crippen LogP contribution in [0, 0.1) is 13.8 Å². The summed E-state index contributed by atoms with van der Waals surface area (Å²) >= 11 is 0. The molecule has 1 aromatic rings. The van der Waals surface area contributed by atoms with Gasteiger partial charge >= 0.3 is 5.97 Å². The molecule has 1 rings (SSSR count). The van der Waals surface area contributed by atoms with Crippen LogP contribution in [0.2, 0.25) is 0 Å². The number of ether oxygens (including phenoxy) is 2. The first-order valence-electron chi connectivity index (χ1n) is 6.59. The summed E-state index contributed by atoms with van der Waals surface area (Å²) in [6.07, 6.45) is 0. The van der Waals surface area contributed by atoms with Gasteiger partial charge in [-0.1, -0.05) is 0 Å². The monoisotopic (exact) mass is 318 g/mol. The number of rotatable bonds is 7. The van der Waals surface area contributed by atoms with Crippen LogP contribution in [0.15, 0.2) is 4.90 Å². The first-order valence-corrected chi connectivity index (χ1v) is 8.07. The third-order valence-corrected chi connectivity index (χ3v) is 4.89. The van der Waals surface area contributed by atoms with E-state index in [0.29, 0.717) is 11.4 Å². The van der Waals surface area contributed by atoms with E-state index < -0.39 is 16.0 Å². The van der Waals surface area contributed by atoms with Crippen molar-refractivity contribution in [3.05, 3.63) is 17.0 Å². The van der Waals surface area contributed by atoms with E-state index in [9.17, 15) is 13.2 Å². The van der Waals surface area contributed by atoms with Crippen LogP contribution >= 0.6 is 0 Å². The summed E-state index contributed by atoms with van der Waals surface area (Å²) in [5.41, 5.74) is 1.13. The summed E-state index contributed by atoms with van der Waals surface area (Å²) in [6, 6.07) is 0. The van der Waals surface area contributed by atoms with E-state index >= 15 is 0 Å². The van der Waals surface area contributed by atoms with Crippen LogP contribution in [-0.2, 0) is 26.5 Å². The molecule has 0 aromatic carbocycles. The maximum atomic E-state index is 12.4. The molecule has 0 saturated carbocycles. The Morgan fingerprint density at radius 2 is 1.90 bits per heavy atom. The number of carbonyl (C=O) groups excluding carboxylic acids is 1. The Morgan fingerprint density at radius 3 is 2.43 bits per heavy atom. The molecular weight excluding hydrogens is 296 g/mol. The van der Waals surface area contributed by atoms with Crippen LogP contribution in [0.3, 0.4) is 0 Å². The lowest BCUT2D eigenvalue weighted by Crippen LogP contribution is -2.29. The van der Waals surface area contributed by atoms with Gasteiger partial charge in [0.1, 0.15) is 10.5 Å². The average molecular weight is 318 g/mol. The zero-order valence-corrected chi connectivity index (χ0v) is 13.8. The molecule has 0 aliphatic rings. The summed E-state index contributed by atoms with van der Waals surface area (Å²) in [7, 11) is -0.618. The Morgan fingerprint density at radius 1 is 1.29 bits per heavy atom. The number of carbonyl (C=O) groups is 1. The highest BCUT2D eigenvalue weighted by Gasteiger charge is 2.31. The van der Waals surface area contributed by atoms with E-state index in [-0.39, 0.29) is 30.2 Å². The quantitative estimate of drug-likeness (QED) is 0.592. The smallest absolute Gasteiger partial charge is 0.341 e. The highest BCUT2D eigenvalue weighted by molar-refractivity contribution is 7.89. The van der Waals surface area contributed by atoms with Crippen molar-refractivity contribution < 1.29 is 22.7 Å². The summed E-state index contributed by atoms with van der Waals surface area (Å²) in [6.45, 7) is 5.58. The molecular formula is C13H22N2O5S. The second-order valence-electron chi connectivity index (χ2n) is 4.55. The van der Waals surface area contributed by atoms with Gasteiger partial charge in [0.05, 0.1) is 13.2 Å². The van der Waals surface area contributed by atoms with Crippen LogP contribution in [0.4, 0.5) is 0 Å². The zero-order valence-electron chi connectivity index (χ0n) is 13.0. The van der Waals surface area contributed by atoms with E-state index in [2.05, 4.69) is 4.72 Å². The van der Waals surface area contributed by atoms with Gasteiger partial charge in [-0.25, -0.2) is 17.9 Å². The normalized spacial score (nSPS) is 11.7. The van der Waals surface area contributed by atoms with E-state index in [0.717, 1.165) is 0 Å². The van der Waals surface area contributed by atoms with Gasteiger partial charge in [-0.3, -0.25) is 0 Å². The van der Waals surface area contributed by atoms with Gasteiger partial charge in [-0.2, -0.15) is 0 Å². The Bertz CT molecular complexity index is 619. The summed E-state index contributed by atoms with van der Waals surface area (Å²) in [4.78, 5) is 12.0. The average Bonchev–Trinajstić information content (AvgIpc) is 2.64. The third-order valence-electron chi connectivity index (χ3n) is 3.27. The number of nitrogens with one attached hydrogen (secondary N) is 1. The van der Waals surface area contributed by atoms with Crippen LogP contribution in [0.1, 0.15) is 28.7 Å². The molecule has 120 valence electrons. The number of methoxy groups -OCH3 is 1. The van der Waals surface area contributed by atoms with Crippen molar-refractivity contribution in [2.24, 2.45) is 7.05 Å². The minimum Gasteiger partial charge on any atom is -0.462 e. The molecule has 0 spiro atoms. The van der Waals surface area contributed by atoms with E-state index in [1.54, 1.807) is 32.4 Å². The largest absolute Gasteiger partial charge is 0.462 e. The van der Waals surface area contributed by atoms with Gasteiger partial charge in [0.2, 0.25) is 10.0 Å². The molecule has 0 fully saturated rings. The molecule has 0 saturated heterocycles. The van der Waals surface area contributed by atoms with Crippen LogP contribution in [0.5, 0.6) is 0 Å². The molecule has 1 aromatic heterocycles. The number of hydrogen-bond donors (Lipinski definition) is 1. The van der Waals surface area contributed by atoms with Gasteiger partial charge in [-0.15, -0.1) is 0 Å². The van der Waals surface area contributed by atoms with Crippen molar-refractivity contribution in [2.45, 2.75) is 25.7 Å². The maximum Gasteiger partial charge on any atom is 0.341 e. The lowest BCUT2D eigenvalue weighted by atomic mass is 10.2. The fraction of sp³-hybridized carbons (Fsp3) is 0.615. The fourth-order valence-corrected chi connectivity index (χ4v) is 3.56. The van der Waals surface area contributed by atoms with Gasteiger partial charge in [-0.05, 0) is 20.8 Å². The minimum atomic E-state index is -3.81. The Hall–Kier alpha value is -1.38. The molecule has 21 heavy (non-hydrogen) atoms. The van der Waals surface area contributed by atoms with Crippen molar-refractivity contribution >= 4 is 16.0 Å². The number of nitrogens with zero attached hydrogens (tertiary/aromatic N) is 1. The number of aromatic nitrogens is 1. The van der Waals surface area contributed by atoms with Crippen molar-refractivity contribution in [3.8, 4) is 0 Å². The zero-order chi connectivity index (χ0) is 16.2. The van der Waals surface area contributed by atoms with Crippen LogP contribution in [-0.4, -0.2) is 45.8 Å². The SMILES string of the molecule is CCOC(=O)c1c(S(=O)(=O)NCCOC)c(C)n(C)c1C. The third kappa shape index (κ3) is 3.63. The highest BCUT2D eigenvalue weighted by Crippen LogP contribution is 2.26. The molecule has 1 heterocycles. The van der Waals surface area contributed by atoms with Gasteiger partial charge in [0.15, 0.2) is 0 Å². The molecule has 0 atom stereocenters. The molecule has 0 bridgehead atoms. The van der Waals surface area contributed by atoms with Crippen LogP contribution in [0.25, 0.3) is 0 Å². The van der Waals surface area contributed by atoms with Crippen molar-refractivity contribution in [3.63, 3.8) is 0 Å². The predicted molar refractivity (Wildman–Crippen MR) is 77.9 cm³/mol. The molecule has 0 unspecified atom stereocenters. The fourth-order valence-electron chi connectivity index (χ4n) is 2.04. The highest BCUT2D eigenvalue weighted by atomic mass is 32.2. The Balaban J connectivity index is 3.34. The standard InChI is InChI=1S/C13H22N2O5S/c1-6-20-13(16)11-9(2)15(4)10(3)12(11)21(17,18)14-7-8-19-5/h14H,6-8H2,1-5H3. The molecule has 8 heteroatoms. The molecule has 7 nitrogen and oxygen atoms in total. The number of hydrogen-bond acceptors (Lipinski definition) is 5.